The lowest BCUT2D eigenvalue weighted by molar-refractivity contribution is -0.0505. The van der Waals surface area contributed by atoms with E-state index < -0.39 is 5.60 Å². The number of aliphatic hydroxyl groups is 1. The second kappa shape index (κ2) is 6.32. The third kappa shape index (κ3) is 2.82. The van der Waals surface area contributed by atoms with Crippen LogP contribution >= 0.6 is 0 Å². The Morgan fingerprint density at radius 1 is 1.27 bits per heavy atom. The molecule has 7 nitrogen and oxygen atoms in total. The highest BCUT2D eigenvalue weighted by Gasteiger charge is 2.51. The third-order valence-electron chi connectivity index (χ3n) is 5.58. The maximum Gasteiger partial charge on any atom is 0.322 e. The van der Waals surface area contributed by atoms with Gasteiger partial charge in [0.1, 0.15) is 17.2 Å². The third-order valence-corrected chi connectivity index (χ3v) is 5.58. The number of urea groups is 1. The smallest absolute Gasteiger partial charge is 0.322 e. The first-order valence-corrected chi connectivity index (χ1v) is 8.94. The fourth-order valence-electron chi connectivity index (χ4n) is 4.42. The summed E-state index contributed by atoms with van der Waals surface area (Å²) < 4.78 is 7.01. The summed E-state index contributed by atoms with van der Waals surface area (Å²) >= 11 is 0. The number of carbonyl (C=O) groups excluding carboxylic acids is 1. The van der Waals surface area contributed by atoms with Gasteiger partial charge in [-0.2, -0.15) is 0 Å². The molecule has 1 aromatic carbocycles. The van der Waals surface area contributed by atoms with Gasteiger partial charge in [-0.25, -0.2) is 9.78 Å². The summed E-state index contributed by atoms with van der Waals surface area (Å²) in [6.07, 6.45) is 6.41. The molecule has 7 heteroatoms. The number of nitrogens with one attached hydrogen (secondary N) is 1. The molecule has 2 aliphatic heterocycles. The van der Waals surface area contributed by atoms with Gasteiger partial charge in [0.15, 0.2) is 0 Å². The zero-order valence-electron chi connectivity index (χ0n) is 15.1. The van der Waals surface area contributed by atoms with Crippen molar-refractivity contribution in [1.82, 2.24) is 14.5 Å². The van der Waals surface area contributed by atoms with Crippen molar-refractivity contribution in [3.8, 4) is 5.75 Å². The molecule has 2 fully saturated rings. The van der Waals surface area contributed by atoms with Crippen LogP contribution in [-0.2, 0) is 12.6 Å². The average molecular weight is 356 g/mol. The summed E-state index contributed by atoms with van der Waals surface area (Å²) in [5.74, 6) is 1.44. The predicted molar refractivity (Wildman–Crippen MR) is 97.0 cm³/mol. The predicted octanol–water partition coefficient (Wildman–Crippen LogP) is 2.48. The highest BCUT2D eigenvalue weighted by Crippen LogP contribution is 2.45. The minimum atomic E-state index is -0.971. The molecule has 2 unspecified atom stereocenters. The van der Waals surface area contributed by atoms with Crippen LogP contribution in [0.25, 0.3) is 0 Å². The number of amides is 2. The average Bonchev–Trinajstić information content (AvgIpc) is 3.18. The van der Waals surface area contributed by atoms with E-state index >= 15 is 0 Å². The SMILES string of the molecule is COc1ccc(NC(=O)N2C3CCC2CC(O)(c2nccn2C)C3)cc1. The molecule has 0 saturated carbocycles. The van der Waals surface area contributed by atoms with Crippen LogP contribution in [-0.4, -0.2) is 44.8 Å². The Labute approximate surface area is 152 Å². The van der Waals surface area contributed by atoms with Crippen molar-refractivity contribution < 1.29 is 14.6 Å². The molecule has 2 saturated heterocycles. The van der Waals surface area contributed by atoms with Crippen molar-refractivity contribution >= 4 is 11.7 Å². The molecule has 2 aromatic rings. The molecular weight excluding hydrogens is 332 g/mol. The zero-order chi connectivity index (χ0) is 18.3. The minimum absolute atomic E-state index is 0.0219. The van der Waals surface area contributed by atoms with E-state index in [1.165, 1.54) is 0 Å². The van der Waals surface area contributed by atoms with Gasteiger partial charge in [0.05, 0.1) is 7.11 Å². The highest BCUT2D eigenvalue weighted by molar-refractivity contribution is 5.90. The van der Waals surface area contributed by atoms with Gasteiger partial charge in [0, 0.05) is 50.1 Å². The molecule has 26 heavy (non-hydrogen) atoms. The zero-order valence-corrected chi connectivity index (χ0v) is 15.1. The van der Waals surface area contributed by atoms with Crippen LogP contribution in [0.5, 0.6) is 5.75 Å². The standard InChI is InChI=1S/C19H24N4O3/c1-22-10-9-20-17(22)19(25)11-14-5-6-15(12-19)23(14)18(24)21-13-3-7-16(26-2)8-4-13/h3-4,7-10,14-15,25H,5-6,11-12H2,1-2H3,(H,21,24). The molecule has 2 aliphatic rings. The normalized spacial score (nSPS) is 27.4. The Kier molecular flexibility index (Phi) is 4.11. The molecule has 0 spiro atoms. The molecular formula is C19H24N4O3. The van der Waals surface area contributed by atoms with Gasteiger partial charge in [0.25, 0.3) is 0 Å². The maximum absolute atomic E-state index is 12.8. The number of ether oxygens (including phenoxy) is 1. The van der Waals surface area contributed by atoms with Crippen LogP contribution in [0.2, 0.25) is 0 Å². The summed E-state index contributed by atoms with van der Waals surface area (Å²) in [5, 5.41) is 14.2. The van der Waals surface area contributed by atoms with Crippen molar-refractivity contribution in [3.05, 3.63) is 42.5 Å². The molecule has 1 aromatic heterocycles. The molecule has 2 N–H and O–H groups in total. The lowest BCUT2D eigenvalue weighted by atomic mass is 9.85. The van der Waals surface area contributed by atoms with E-state index in [0.29, 0.717) is 18.7 Å². The number of aromatic nitrogens is 2. The monoisotopic (exact) mass is 356 g/mol. The Bertz CT molecular complexity index is 787. The fraction of sp³-hybridized carbons (Fsp3) is 0.474. The number of rotatable bonds is 3. The van der Waals surface area contributed by atoms with Crippen molar-refractivity contribution in [1.29, 1.82) is 0 Å². The van der Waals surface area contributed by atoms with E-state index in [9.17, 15) is 9.90 Å². The first kappa shape index (κ1) is 16.9. The van der Waals surface area contributed by atoms with Gasteiger partial charge in [-0.15, -0.1) is 0 Å². The van der Waals surface area contributed by atoms with Crippen LogP contribution in [0.3, 0.4) is 0 Å². The van der Waals surface area contributed by atoms with E-state index in [1.54, 1.807) is 13.3 Å². The second-order valence-corrected chi connectivity index (χ2v) is 7.25. The topological polar surface area (TPSA) is 79.6 Å². The number of anilines is 1. The van der Waals surface area contributed by atoms with Gasteiger partial charge in [0.2, 0.25) is 0 Å². The number of fused-ring (bicyclic) bond motifs is 2. The summed E-state index contributed by atoms with van der Waals surface area (Å²) in [6, 6.07) is 7.23. The summed E-state index contributed by atoms with van der Waals surface area (Å²) in [7, 11) is 3.51. The Balaban J connectivity index is 1.49. The number of benzene rings is 1. The van der Waals surface area contributed by atoms with E-state index in [4.69, 9.17) is 4.74 Å². The summed E-state index contributed by atoms with van der Waals surface area (Å²) in [6.45, 7) is 0. The molecule has 0 radical (unpaired) electrons. The Morgan fingerprint density at radius 2 is 1.92 bits per heavy atom. The molecule has 138 valence electrons. The Morgan fingerprint density at radius 3 is 2.46 bits per heavy atom. The van der Waals surface area contributed by atoms with Gasteiger partial charge in [-0.05, 0) is 37.1 Å². The first-order valence-electron chi connectivity index (χ1n) is 8.94. The lowest BCUT2D eigenvalue weighted by Gasteiger charge is -2.43. The van der Waals surface area contributed by atoms with Crippen molar-refractivity contribution in [3.63, 3.8) is 0 Å². The number of piperidine rings is 1. The molecule has 2 bridgehead atoms. The van der Waals surface area contributed by atoms with Crippen LogP contribution in [0.4, 0.5) is 10.5 Å². The fourth-order valence-corrected chi connectivity index (χ4v) is 4.42. The number of imidazole rings is 1. The lowest BCUT2D eigenvalue weighted by Crippen LogP contribution is -2.53. The van der Waals surface area contributed by atoms with Crippen LogP contribution < -0.4 is 10.1 Å². The van der Waals surface area contributed by atoms with Crippen LogP contribution in [0.15, 0.2) is 36.7 Å². The number of methoxy groups -OCH3 is 1. The van der Waals surface area contributed by atoms with Crippen LogP contribution in [0, 0.1) is 0 Å². The molecule has 3 heterocycles. The van der Waals surface area contributed by atoms with Gasteiger partial charge in [-0.1, -0.05) is 0 Å². The first-order chi connectivity index (χ1) is 12.5. The summed E-state index contributed by atoms with van der Waals surface area (Å²) in [4.78, 5) is 19.1. The molecule has 2 amide bonds. The number of aryl methyl sites for hydroxylation is 1. The molecule has 0 aliphatic carbocycles. The van der Waals surface area contributed by atoms with Gasteiger partial charge < -0.3 is 24.6 Å². The van der Waals surface area contributed by atoms with E-state index in [2.05, 4.69) is 10.3 Å². The molecule has 4 rings (SSSR count). The second-order valence-electron chi connectivity index (χ2n) is 7.25. The Hall–Kier alpha value is -2.54. The number of nitrogens with zero attached hydrogens (tertiary/aromatic N) is 3. The van der Waals surface area contributed by atoms with E-state index in [-0.39, 0.29) is 18.1 Å². The van der Waals surface area contributed by atoms with Crippen molar-refractivity contribution in [2.45, 2.75) is 43.4 Å². The van der Waals surface area contributed by atoms with E-state index in [1.807, 2.05) is 47.0 Å². The van der Waals surface area contributed by atoms with Crippen LogP contribution in [0.1, 0.15) is 31.5 Å². The summed E-state index contributed by atoms with van der Waals surface area (Å²) in [5.41, 5.74) is -0.235. The van der Waals surface area contributed by atoms with Gasteiger partial charge >= 0.3 is 6.03 Å². The van der Waals surface area contributed by atoms with Crippen molar-refractivity contribution in [2.75, 3.05) is 12.4 Å². The highest BCUT2D eigenvalue weighted by atomic mass is 16.5. The minimum Gasteiger partial charge on any atom is -0.497 e. The quantitative estimate of drug-likeness (QED) is 0.885. The largest absolute Gasteiger partial charge is 0.497 e. The number of hydrogen-bond donors (Lipinski definition) is 2. The maximum atomic E-state index is 12.8. The number of carbonyl (C=O) groups is 1. The van der Waals surface area contributed by atoms with Crippen molar-refractivity contribution in [2.24, 2.45) is 7.05 Å². The van der Waals surface area contributed by atoms with Gasteiger partial charge in [-0.3, -0.25) is 0 Å². The van der Waals surface area contributed by atoms with E-state index in [0.717, 1.165) is 24.3 Å². The molecule has 2 atom stereocenters. The number of hydrogen-bond acceptors (Lipinski definition) is 4.